The first-order valence-corrected chi connectivity index (χ1v) is 13.4. The number of hydrogen-bond acceptors (Lipinski definition) is 6. The molecule has 2 aromatic rings. The standard InChI is InChI=1S/C29H37FN2O5/c1-3-4-5-6-7-8-15-31-28(34)23-18-36-29(32-23)27-22(24-12-13-25(27)37-24)17-20-16-21(30)11-9-19(20)10-14-26(33)35-2/h9-11,14,16,18,22,24-25,27H,3-8,12-13,15,17H2,1-2H3,(H,31,34). The molecule has 8 heteroatoms. The Kier molecular flexibility index (Phi) is 9.50. The van der Waals surface area contributed by atoms with Crippen molar-refractivity contribution in [2.45, 2.75) is 82.8 Å². The predicted octanol–water partition coefficient (Wildman–Crippen LogP) is 5.59. The van der Waals surface area contributed by atoms with Crippen molar-refractivity contribution in [1.29, 1.82) is 0 Å². The Labute approximate surface area is 217 Å². The number of hydrogen-bond donors (Lipinski definition) is 1. The molecule has 0 aliphatic carbocycles. The summed E-state index contributed by atoms with van der Waals surface area (Å²) in [6.45, 7) is 2.82. The average Bonchev–Trinajstić information content (AvgIpc) is 3.64. The molecule has 0 radical (unpaired) electrons. The number of esters is 1. The molecular formula is C29H37FN2O5. The van der Waals surface area contributed by atoms with Gasteiger partial charge in [0, 0.05) is 18.5 Å². The third-order valence-corrected chi connectivity index (χ3v) is 7.44. The summed E-state index contributed by atoms with van der Waals surface area (Å²) >= 11 is 0. The number of nitrogens with one attached hydrogen (secondary N) is 1. The number of carbonyl (C=O) groups excluding carboxylic acids is 2. The van der Waals surface area contributed by atoms with Gasteiger partial charge in [0.05, 0.1) is 25.2 Å². The first kappa shape index (κ1) is 27.0. The van der Waals surface area contributed by atoms with E-state index in [2.05, 4.69) is 22.0 Å². The second kappa shape index (κ2) is 13.0. The summed E-state index contributed by atoms with van der Waals surface area (Å²) in [4.78, 5) is 28.8. The number of unbranched alkanes of at least 4 members (excludes halogenated alkanes) is 5. The quantitative estimate of drug-likeness (QED) is 0.214. The molecule has 2 bridgehead atoms. The average molecular weight is 513 g/mol. The van der Waals surface area contributed by atoms with E-state index >= 15 is 0 Å². The first-order valence-electron chi connectivity index (χ1n) is 13.4. The minimum absolute atomic E-state index is 0.00703. The Hall–Kier alpha value is -3.00. The van der Waals surface area contributed by atoms with Crippen molar-refractivity contribution >= 4 is 18.0 Å². The van der Waals surface area contributed by atoms with Crippen LogP contribution in [0.1, 0.15) is 91.7 Å². The fourth-order valence-corrected chi connectivity index (χ4v) is 5.51. The van der Waals surface area contributed by atoms with Gasteiger partial charge in [0.1, 0.15) is 12.1 Å². The molecule has 4 rings (SSSR count). The fraction of sp³-hybridized carbons (Fsp3) is 0.552. The van der Waals surface area contributed by atoms with Gasteiger partial charge in [-0.3, -0.25) is 4.79 Å². The van der Waals surface area contributed by atoms with E-state index in [9.17, 15) is 14.0 Å². The predicted molar refractivity (Wildman–Crippen MR) is 137 cm³/mol. The molecule has 1 aromatic carbocycles. The molecule has 200 valence electrons. The van der Waals surface area contributed by atoms with E-state index in [1.165, 1.54) is 57.3 Å². The number of carbonyl (C=O) groups is 2. The third kappa shape index (κ3) is 6.86. The first-order chi connectivity index (χ1) is 18.0. The molecule has 2 aliphatic heterocycles. The zero-order chi connectivity index (χ0) is 26.2. The van der Waals surface area contributed by atoms with Gasteiger partial charge in [-0.05, 0) is 55.0 Å². The number of nitrogens with zero attached hydrogens (tertiary/aromatic N) is 1. The van der Waals surface area contributed by atoms with E-state index in [1.807, 2.05) is 0 Å². The van der Waals surface area contributed by atoms with Crippen molar-refractivity contribution in [2.24, 2.45) is 5.92 Å². The van der Waals surface area contributed by atoms with Crippen molar-refractivity contribution in [3.8, 4) is 0 Å². The second-order valence-corrected chi connectivity index (χ2v) is 9.98. The van der Waals surface area contributed by atoms with Crippen LogP contribution >= 0.6 is 0 Å². The summed E-state index contributed by atoms with van der Waals surface area (Å²) in [5.74, 6) is -0.664. The van der Waals surface area contributed by atoms with E-state index in [4.69, 9.17) is 9.15 Å². The van der Waals surface area contributed by atoms with Crippen LogP contribution in [0.2, 0.25) is 0 Å². The van der Waals surface area contributed by atoms with Crippen molar-refractivity contribution < 1.29 is 27.9 Å². The van der Waals surface area contributed by atoms with E-state index in [1.54, 1.807) is 12.1 Å². The molecule has 2 saturated heterocycles. The molecule has 1 N–H and O–H groups in total. The number of methoxy groups -OCH3 is 1. The highest BCUT2D eigenvalue weighted by molar-refractivity contribution is 5.91. The summed E-state index contributed by atoms with van der Waals surface area (Å²) in [7, 11) is 1.31. The highest BCUT2D eigenvalue weighted by atomic mass is 19.1. The van der Waals surface area contributed by atoms with Crippen molar-refractivity contribution in [3.05, 3.63) is 59.1 Å². The Morgan fingerprint density at radius 1 is 1.16 bits per heavy atom. The Bertz CT molecular complexity index is 1100. The molecule has 7 nitrogen and oxygen atoms in total. The molecule has 2 fully saturated rings. The molecule has 4 unspecified atom stereocenters. The summed E-state index contributed by atoms with van der Waals surface area (Å²) in [6, 6.07) is 4.53. The smallest absolute Gasteiger partial charge is 0.330 e. The number of amides is 1. The lowest BCUT2D eigenvalue weighted by Gasteiger charge is -2.26. The van der Waals surface area contributed by atoms with Crippen LogP contribution in [0.4, 0.5) is 4.39 Å². The van der Waals surface area contributed by atoms with Gasteiger partial charge in [0.25, 0.3) is 5.91 Å². The van der Waals surface area contributed by atoms with Crippen LogP contribution in [0.3, 0.4) is 0 Å². The van der Waals surface area contributed by atoms with Gasteiger partial charge in [-0.15, -0.1) is 0 Å². The molecule has 1 aromatic heterocycles. The van der Waals surface area contributed by atoms with Crippen molar-refractivity contribution in [3.63, 3.8) is 0 Å². The Morgan fingerprint density at radius 3 is 2.76 bits per heavy atom. The monoisotopic (exact) mass is 512 g/mol. The van der Waals surface area contributed by atoms with Crippen molar-refractivity contribution in [2.75, 3.05) is 13.7 Å². The van der Waals surface area contributed by atoms with Crippen LogP contribution in [0.5, 0.6) is 0 Å². The maximum absolute atomic E-state index is 14.2. The van der Waals surface area contributed by atoms with Crippen molar-refractivity contribution in [1.82, 2.24) is 10.3 Å². The molecule has 0 saturated carbocycles. The highest BCUT2D eigenvalue weighted by Gasteiger charge is 2.51. The topological polar surface area (TPSA) is 90.7 Å². The van der Waals surface area contributed by atoms with Gasteiger partial charge < -0.3 is 19.2 Å². The van der Waals surface area contributed by atoms with E-state index in [0.717, 1.165) is 36.8 Å². The molecule has 37 heavy (non-hydrogen) atoms. The fourth-order valence-electron chi connectivity index (χ4n) is 5.51. The van der Waals surface area contributed by atoms with Crippen LogP contribution in [0.15, 0.2) is 35.0 Å². The lowest BCUT2D eigenvalue weighted by Crippen LogP contribution is -2.28. The number of benzene rings is 1. The van der Waals surface area contributed by atoms with E-state index in [0.29, 0.717) is 18.9 Å². The van der Waals surface area contributed by atoms with Crippen LogP contribution in [-0.2, 0) is 20.7 Å². The lowest BCUT2D eigenvalue weighted by atomic mass is 9.75. The van der Waals surface area contributed by atoms with Gasteiger partial charge >= 0.3 is 5.97 Å². The number of oxazole rings is 1. The number of aromatic nitrogens is 1. The van der Waals surface area contributed by atoms with Gasteiger partial charge in [-0.2, -0.15) is 0 Å². The van der Waals surface area contributed by atoms with Crippen LogP contribution in [-0.4, -0.2) is 42.7 Å². The molecule has 3 heterocycles. The number of ether oxygens (including phenoxy) is 2. The minimum Gasteiger partial charge on any atom is -0.466 e. The van der Waals surface area contributed by atoms with Gasteiger partial charge in [0.2, 0.25) is 5.89 Å². The number of halogens is 1. The van der Waals surface area contributed by atoms with Crippen LogP contribution in [0.25, 0.3) is 6.08 Å². The summed E-state index contributed by atoms with van der Waals surface area (Å²) < 4.78 is 30.9. The zero-order valence-corrected chi connectivity index (χ0v) is 21.7. The largest absolute Gasteiger partial charge is 0.466 e. The molecule has 0 spiro atoms. The SMILES string of the molecule is CCCCCCCCNC(=O)c1coc(C2C3CCC(O3)C2Cc2cc(F)ccc2C=CC(=O)OC)n1. The summed E-state index contributed by atoms with van der Waals surface area (Å²) in [5, 5.41) is 2.94. The molecule has 4 atom stereocenters. The maximum Gasteiger partial charge on any atom is 0.330 e. The molecule has 2 aliphatic rings. The number of rotatable bonds is 13. The minimum atomic E-state index is -0.474. The zero-order valence-electron chi connectivity index (χ0n) is 21.7. The van der Waals surface area contributed by atoms with E-state index in [-0.39, 0.29) is 41.5 Å². The summed E-state index contributed by atoms with van der Waals surface area (Å²) in [6.07, 6.45) is 13.6. The van der Waals surface area contributed by atoms with Gasteiger partial charge in [0.15, 0.2) is 5.69 Å². The normalized spacial score (nSPS) is 22.6. The van der Waals surface area contributed by atoms with Crippen LogP contribution < -0.4 is 5.32 Å². The molecule has 1 amide bonds. The van der Waals surface area contributed by atoms with Gasteiger partial charge in [-0.1, -0.05) is 45.1 Å². The lowest BCUT2D eigenvalue weighted by molar-refractivity contribution is -0.134. The maximum atomic E-state index is 14.2. The summed E-state index contributed by atoms with van der Waals surface area (Å²) in [5.41, 5.74) is 1.79. The van der Waals surface area contributed by atoms with Gasteiger partial charge in [-0.25, -0.2) is 14.2 Å². The van der Waals surface area contributed by atoms with Crippen LogP contribution in [0, 0.1) is 11.7 Å². The number of fused-ring (bicyclic) bond motifs is 2. The Balaban J connectivity index is 1.42. The third-order valence-electron chi connectivity index (χ3n) is 7.44. The highest BCUT2D eigenvalue weighted by Crippen LogP contribution is 2.50. The molecular weight excluding hydrogens is 475 g/mol. The second-order valence-electron chi connectivity index (χ2n) is 9.98. The Morgan fingerprint density at radius 2 is 1.95 bits per heavy atom. The van der Waals surface area contributed by atoms with E-state index < -0.39 is 5.97 Å².